The number of nitrogens with one attached hydrogen (secondary N) is 2. The third kappa shape index (κ3) is 2.75. The van der Waals surface area contributed by atoms with Gasteiger partial charge in [0.05, 0.1) is 5.69 Å². The Balaban J connectivity index is 1.89. The van der Waals surface area contributed by atoms with E-state index in [1.807, 2.05) is 25.1 Å². The minimum atomic E-state index is -1.66. The average Bonchev–Trinajstić information content (AvgIpc) is 2.51. The van der Waals surface area contributed by atoms with Crippen molar-refractivity contribution in [2.75, 3.05) is 10.6 Å². The first kappa shape index (κ1) is 15.4. The van der Waals surface area contributed by atoms with E-state index in [1.54, 1.807) is 24.3 Å². The molecule has 1 aliphatic rings. The zero-order valence-electron chi connectivity index (χ0n) is 12.6. The summed E-state index contributed by atoms with van der Waals surface area (Å²) in [5.74, 6) is -0.681. The van der Waals surface area contributed by atoms with Crippen LogP contribution in [0.5, 0.6) is 5.75 Å². The van der Waals surface area contributed by atoms with Gasteiger partial charge in [-0.15, -0.1) is 0 Å². The number of ether oxygens (including phenoxy) is 1. The van der Waals surface area contributed by atoms with E-state index in [0.29, 0.717) is 22.1 Å². The molecule has 0 saturated carbocycles. The molecule has 23 heavy (non-hydrogen) atoms. The Hall–Kier alpha value is -2.53. The van der Waals surface area contributed by atoms with E-state index >= 15 is 0 Å². The van der Waals surface area contributed by atoms with Crippen LogP contribution in [0.3, 0.4) is 0 Å². The maximum atomic E-state index is 12.6. The summed E-state index contributed by atoms with van der Waals surface area (Å²) in [6.45, 7) is 3.31. The Morgan fingerprint density at radius 3 is 2.74 bits per heavy atom. The molecular weight excluding hydrogens is 316 g/mol. The second-order valence-corrected chi connectivity index (χ2v) is 5.94. The van der Waals surface area contributed by atoms with Crippen LogP contribution in [0.1, 0.15) is 12.5 Å². The Kier molecular flexibility index (Phi) is 3.74. The normalized spacial score (nSPS) is 19.3. The number of anilines is 2. The minimum Gasteiger partial charge on any atom is -0.466 e. The monoisotopic (exact) mass is 330 g/mol. The van der Waals surface area contributed by atoms with Crippen molar-refractivity contribution >= 4 is 34.8 Å². The molecule has 0 saturated heterocycles. The van der Waals surface area contributed by atoms with Gasteiger partial charge in [-0.1, -0.05) is 29.8 Å². The number of aryl methyl sites for hydroxylation is 1. The molecule has 2 aromatic carbocycles. The molecule has 1 heterocycles. The van der Waals surface area contributed by atoms with Crippen LogP contribution in [0.15, 0.2) is 42.5 Å². The van der Waals surface area contributed by atoms with Crippen LogP contribution in [0.2, 0.25) is 5.02 Å². The lowest BCUT2D eigenvalue weighted by atomic mass is 10.0. The molecular formula is C17H15ClN2O3. The van der Waals surface area contributed by atoms with Gasteiger partial charge in [0.1, 0.15) is 5.75 Å². The van der Waals surface area contributed by atoms with Crippen LogP contribution in [-0.2, 0) is 9.59 Å². The number of carbonyl (C=O) groups excluding carboxylic acids is 2. The van der Waals surface area contributed by atoms with Gasteiger partial charge < -0.3 is 15.4 Å². The molecule has 5 nitrogen and oxygen atoms in total. The fourth-order valence-corrected chi connectivity index (χ4v) is 2.47. The fourth-order valence-electron chi connectivity index (χ4n) is 2.30. The average molecular weight is 331 g/mol. The minimum absolute atomic E-state index is 0.399. The standard InChI is InChI=1S/C17H15ClN2O3/c1-10-5-3-4-6-12(10)19-15(21)17(2)16(22)20-13-9-11(18)7-8-14(13)23-17/h3-9H,1-2H3,(H,19,21)(H,20,22). The Labute approximate surface area is 138 Å². The van der Waals surface area contributed by atoms with Gasteiger partial charge in [0.2, 0.25) is 0 Å². The van der Waals surface area contributed by atoms with E-state index in [2.05, 4.69) is 10.6 Å². The van der Waals surface area contributed by atoms with Crippen LogP contribution in [-0.4, -0.2) is 17.4 Å². The van der Waals surface area contributed by atoms with Crippen molar-refractivity contribution in [3.8, 4) is 5.75 Å². The van der Waals surface area contributed by atoms with Gasteiger partial charge >= 0.3 is 0 Å². The van der Waals surface area contributed by atoms with Gasteiger partial charge in [-0.3, -0.25) is 9.59 Å². The van der Waals surface area contributed by atoms with Gasteiger partial charge in [-0.25, -0.2) is 0 Å². The van der Waals surface area contributed by atoms with E-state index in [4.69, 9.17) is 16.3 Å². The number of amides is 2. The van der Waals surface area contributed by atoms with Gasteiger partial charge in [-0.05, 0) is 43.7 Å². The van der Waals surface area contributed by atoms with Crippen molar-refractivity contribution in [2.24, 2.45) is 0 Å². The van der Waals surface area contributed by atoms with Crippen LogP contribution in [0, 0.1) is 6.92 Å². The summed E-state index contributed by atoms with van der Waals surface area (Å²) in [6.07, 6.45) is 0. The first-order chi connectivity index (χ1) is 10.9. The molecule has 1 unspecified atom stereocenters. The third-order valence-electron chi connectivity index (χ3n) is 3.76. The van der Waals surface area contributed by atoms with Crippen molar-refractivity contribution in [1.82, 2.24) is 0 Å². The highest BCUT2D eigenvalue weighted by atomic mass is 35.5. The molecule has 1 aliphatic heterocycles. The van der Waals surface area contributed by atoms with E-state index in [0.717, 1.165) is 5.56 Å². The Bertz CT molecular complexity index is 806. The molecule has 0 radical (unpaired) electrons. The Morgan fingerprint density at radius 1 is 1.26 bits per heavy atom. The largest absolute Gasteiger partial charge is 0.466 e. The van der Waals surface area contributed by atoms with E-state index in [-0.39, 0.29) is 0 Å². The van der Waals surface area contributed by atoms with Crippen LogP contribution in [0.25, 0.3) is 0 Å². The molecule has 0 aliphatic carbocycles. The molecule has 6 heteroatoms. The maximum absolute atomic E-state index is 12.6. The van der Waals surface area contributed by atoms with E-state index < -0.39 is 17.4 Å². The number of fused-ring (bicyclic) bond motifs is 1. The number of hydrogen-bond acceptors (Lipinski definition) is 3. The summed E-state index contributed by atoms with van der Waals surface area (Å²) in [5, 5.41) is 5.88. The lowest BCUT2D eigenvalue weighted by Crippen LogP contribution is -2.56. The first-order valence-corrected chi connectivity index (χ1v) is 7.45. The SMILES string of the molecule is Cc1ccccc1NC(=O)C1(C)Oc2ccc(Cl)cc2NC1=O. The van der Waals surface area contributed by atoms with Crippen molar-refractivity contribution < 1.29 is 14.3 Å². The van der Waals surface area contributed by atoms with Crippen LogP contribution < -0.4 is 15.4 Å². The molecule has 2 N–H and O–H groups in total. The number of carbonyl (C=O) groups is 2. The van der Waals surface area contributed by atoms with E-state index in [1.165, 1.54) is 6.92 Å². The number of hydrogen-bond donors (Lipinski definition) is 2. The molecule has 2 aromatic rings. The van der Waals surface area contributed by atoms with Crippen LogP contribution in [0.4, 0.5) is 11.4 Å². The number of para-hydroxylation sites is 1. The highest BCUT2D eigenvalue weighted by Crippen LogP contribution is 2.36. The molecule has 0 spiro atoms. The van der Waals surface area contributed by atoms with Crippen molar-refractivity contribution in [3.63, 3.8) is 0 Å². The van der Waals surface area contributed by atoms with E-state index in [9.17, 15) is 9.59 Å². The molecule has 3 rings (SSSR count). The highest BCUT2D eigenvalue weighted by molar-refractivity contribution is 6.31. The number of rotatable bonds is 2. The van der Waals surface area contributed by atoms with Gasteiger partial charge in [-0.2, -0.15) is 0 Å². The highest BCUT2D eigenvalue weighted by Gasteiger charge is 2.47. The molecule has 118 valence electrons. The third-order valence-corrected chi connectivity index (χ3v) is 4.00. The lowest BCUT2D eigenvalue weighted by molar-refractivity contribution is -0.143. The maximum Gasteiger partial charge on any atom is 0.278 e. The van der Waals surface area contributed by atoms with Crippen molar-refractivity contribution in [3.05, 3.63) is 53.1 Å². The summed E-state index contributed by atoms with van der Waals surface area (Å²) in [4.78, 5) is 25.0. The zero-order valence-corrected chi connectivity index (χ0v) is 13.4. The predicted molar refractivity (Wildman–Crippen MR) is 88.9 cm³/mol. The quantitative estimate of drug-likeness (QED) is 0.829. The van der Waals surface area contributed by atoms with Gasteiger partial charge in [0, 0.05) is 10.7 Å². The molecule has 2 amide bonds. The summed E-state index contributed by atoms with van der Waals surface area (Å²) >= 11 is 5.90. The topological polar surface area (TPSA) is 67.4 Å². The molecule has 1 atom stereocenters. The smallest absolute Gasteiger partial charge is 0.278 e. The fraction of sp³-hybridized carbons (Fsp3) is 0.176. The van der Waals surface area contributed by atoms with Crippen molar-refractivity contribution in [2.45, 2.75) is 19.4 Å². The first-order valence-electron chi connectivity index (χ1n) is 7.07. The number of benzene rings is 2. The van der Waals surface area contributed by atoms with Gasteiger partial charge in [0.25, 0.3) is 17.4 Å². The predicted octanol–water partition coefficient (Wildman–Crippen LogP) is 3.38. The summed E-state index contributed by atoms with van der Waals surface area (Å²) < 4.78 is 5.68. The molecule has 0 aromatic heterocycles. The van der Waals surface area contributed by atoms with Crippen LogP contribution >= 0.6 is 11.6 Å². The second-order valence-electron chi connectivity index (χ2n) is 5.50. The molecule has 0 bridgehead atoms. The molecule has 0 fully saturated rings. The second kappa shape index (κ2) is 5.59. The van der Waals surface area contributed by atoms with Gasteiger partial charge in [0.15, 0.2) is 0 Å². The summed E-state index contributed by atoms with van der Waals surface area (Å²) in [6, 6.07) is 12.2. The summed E-state index contributed by atoms with van der Waals surface area (Å²) in [5.41, 5.74) is 0.317. The number of halogens is 1. The zero-order chi connectivity index (χ0) is 16.6. The summed E-state index contributed by atoms with van der Waals surface area (Å²) in [7, 11) is 0. The van der Waals surface area contributed by atoms with Crippen molar-refractivity contribution in [1.29, 1.82) is 0 Å². The Morgan fingerprint density at radius 2 is 2.00 bits per heavy atom. The lowest BCUT2D eigenvalue weighted by Gasteiger charge is -2.33.